The molecular formula is C18H13ClFN3O2. The smallest absolute Gasteiger partial charge is 0.263 e. The van der Waals surface area contributed by atoms with Gasteiger partial charge in [0.15, 0.2) is 0 Å². The predicted molar refractivity (Wildman–Crippen MR) is 90.7 cm³/mol. The molecule has 0 fully saturated rings. The van der Waals surface area contributed by atoms with Crippen LogP contribution in [0.5, 0.6) is 0 Å². The third kappa shape index (κ3) is 3.00. The van der Waals surface area contributed by atoms with E-state index in [2.05, 4.69) is 15.4 Å². The highest BCUT2D eigenvalue weighted by Gasteiger charge is 2.42. The maximum Gasteiger partial charge on any atom is 0.263 e. The lowest BCUT2D eigenvalue weighted by atomic mass is 9.96. The maximum atomic E-state index is 13.4. The van der Waals surface area contributed by atoms with E-state index in [9.17, 15) is 4.39 Å². The summed E-state index contributed by atoms with van der Waals surface area (Å²) >= 11 is 5.99. The summed E-state index contributed by atoms with van der Waals surface area (Å²) in [7, 11) is 0. The molecule has 0 radical (unpaired) electrons. The monoisotopic (exact) mass is 357 g/mol. The fraction of sp³-hybridized carbons (Fsp3) is 0.167. The molecule has 0 saturated carbocycles. The number of hydrogen-bond donors (Lipinski definition) is 0. The van der Waals surface area contributed by atoms with Crippen LogP contribution in [-0.4, -0.2) is 15.9 Å². The average molecular weight is 358 g/mol. The van der Waals surface area contributed by atoms with Crippen LogP contribution in [0.1, 0.15) is 24.8 Å². The van der Waals surface area contributed by atoms with Crippen molar-refractivity contribution >= 4 is 17.3 Å². The molecule has 1 aliphatic rings. The van der Waals surface area contributed by atoms with E-state index in [1.54, 1.807) is 37.3 Å². The summed E-state index contributed by atoms with van der Waals surface area (Å²) in [5, 5.41) is 12.8. The van der Waals surface area contributed by atoms with Gasteiger partial charge in [-0.3, -0.25) is 0 Å². The van der Waals surface area contributed by atoms with Crippen LogP contribution in [0.3, 0.4) is 0 Å². The van der Waals surface area contributed by atoms with Crippen LogP contribution in [0.2, 0.25) is 5.02 Å². The topological polar surface area (TPSA) is 60.5 Å². The molecule has 0 bridgehead atoms. The summed E-state index contributed by atoms with van der Waals surface area (Å²) in [6, 6.07) is 13.4. The number of hydrogen-bond acceptors (Lipinski definition) is 5. The third-order valence-electron chi connectivity index (χ3n) is 3.97. The normalized spacial score (nSPS) is 19.6. The lowest BCUT2D eigenvalue weighted by Crippen LogP contribution is -2.22. The summed E-state index contributed by atoms with van der Waals surface area (Å²) in [5.74, 6) is 0.328. The molecule has 126 valence electrons. The molecule has 2 heterocycles. The third-order valence-corrected chi connectivity index (χ3v) is 4.20. The number of halogens is 2. The first-order chi connectivity index (χ1) is 12.0. The highest BCUT2D eigenvalue weighted by atomic mass is 35.5. The number of nitrogens with zero attached hydrogens (tertiary/aromatic N) is 3. The molecule has 1 atom stereocenters. The minimum absolute atomic E-state index is 0.303. The first kappa shape index (κ1) is 15.8. The molecule has 0 amide bonds. The van der Waals surface area contributed by atoms with Crippen LogP contribution in [0, 0.1) is 5.82 Å². The van der Waals surface area contributed by atoms with E-state index in [-0.39, 0.29) is 5.82 Å². The van der Waals surface area contributed by atoms with E-state index in [1.165, 1.54) is 12.1 Å². The van der Waals surface area contributed by atoms with E-state index >= 15 is 0 Å². The van der Waals surface area contributed by atoms with Crippen molar-refractivity contribution in [1.29, 1.82) is 0 Å². The molecule has 1 unspecified atom stereocenters. The van der Waals surface area contributed by atoms with Crippen LogP contribution in [0.4, 0.5) is 4.39 Å². The van der Waals surface area contributed by atoms with Gasteiger partial charge in [-0.2, -0.15) is 0 Å². The molecule has 0 saturated heterocycles. The van der Waals surface area contributed by atoms with Gasteiger partial charge in [-0.25, -0.2) is 4.39 Å². The number of aromatic nitrogens is 2. The molecule has 5 nitrogen and oxygen atoms in total. The highest BCUT2D eigenvalue weighted by molar-refractivity contribution is 6.30. The quantitative estimate of drug-likeness (QED) is 0.689. The molecule has 7 heteroatoms. The summed E-state index contributed by atoms with van der Waals surface area (Å²) in [6.45, 7) is 1.80. The van der Waals surface area contributed by atoms with E-state index < -0.39 is 5.60 Å². The summed E-state index contributed by atoms with van der Waals surface area (Å²) in [5.41, 5.74) is 1.12. The zero-order valence-electron chi connectivity index (χ0n) is 13.2. The van der Waals surface area contributed by atoms with Gasteiger partial charge in [0.2, 0.25) is 11.5 Å². The van der Waals surface area contributed by atoms with E-state index in [0.717, 1.165) is 5.56 Å². The largest absolute Gasteiger partial charge is 0.416 e. The SMILES string of the molecule is CC1(c2nnc(-c3cccc(Cl)c3)o2)CC(c2cccc(F)c2)=NO1. The molecule has 1 aliphatic heterocycles. The second kappa shape index (κ2) is 5.97. The molecule has 0 N–H and O–H groups in total. The fourth-order valence-corrected chi connectivity index (χ4v) is 2.84. The molecular weight excluding hydrogens is 345 g/mol. The Morgan fingerprint density at radius 3 is 2.68 bits per heavy atom. The van der Waals surface area contributed by atoms with Crippen molar-refractivity contribution in [2.24, 2.45) is 5.16 Å². The first-order valence-electron chi connectivity index (χ1n) is 7.64. The molecule has 0 aliphatic carbocycles. The van der Waals surface area contributed by atoms with Crippen LogP contribution in [0.25, 0.3) is 11.5 Å². The van der Waals surface area contributed by atoms with Crippen molar-refractivity contribution in [3.8, 4) is 11.5 Å². The van der Waals surface area contributed by atoms with E-state index in [4.69, 9.17) is 20.9 Å². The van der Waals surface area contributed by atoms with Crippen molar-refractivity contribution in [3.05, 3.63) is 70.8 Å². The Morgan fingerprint density at radius 2 is 1.88 bits per heavy atom. The fourth-order valence-electron chi connectivity index (χ4n) is 2.65. The standard InChI is InChI=1S/C18H13ClFN3O2/c1-18(10-15(23-25-18)11-4-3-7-14(20)9-11)17-22-21-16(24-17)12-5-2-6-13(19)8-12/h2-9H,10H2,1H3. The van der Waals surface area contributed by atoms with Gasteiger partial charge in [0, 0.05) is 22.6 Å². The number of oxime groups is 1. The van der Waals surface area contributed by atoms with Gasteiger partial charge in [0.1, 0.15) is 5.82 Å². The minimum Gasteiger partial charge on any atom is -0.416 e. The molecule has 25 heavy (non-hydrogen) atoms. The zero-order chi connectivity index (χ0) is 17.4. The minimum atomic E-state index is -0.897. The Morgan fingerprint density at radius 1 is 1.08 bits per heavy atom. The first-order valence-corrected chi connectivity index (χ1v) is 8.02. The Hall–Kier alpha value is -2.73. The summed E-state index contributed by atoms with van der Waals surface area (Å²) in [4.78, 5) is 5.55. The van der Waals surface area contributed by atoms with Gasteiger partial charge in [-0.15, -0.1) is 10.2 Å². The lowest BCUT2D eigenvalue weighted by molar-refractivity contribution is -0.0276. The van der Waals surface area contributed by atoms with Crippen molar-refractivity contribution in [2.45, 2.75) is 18.9 Å². The average Bonchev–Trinajstić information content (AvgIpc) is 3.23. The Balaban J connectivity index is 1.59. The van der Waals surface area contributed by atoms with Crippen LogP contribution in [0.15, 0.2) is 58.1 Å². The molecule has 1 aromatic heterocycles. The van der Waals surface area contributed by atoms with Crippen molar-refractivity contribution in [3.63, 3.8) is 0 Å². The van der Waals surface area contributed by atoms with E-state index in [1.807, 2.05) is 6.07 Å². The van der Waals surface area contributed by atoms with Gasteiger partial charge in [0.25, 0.3) is 5.89 Å². The Labute approximate surface area is 148 Å². The van der Waals surface area contributed by atoms with Crippen molar-refractivity contribution in [2.75, 3.05) is 0 Å². The number of benzene rings is 2. The van der Waals surface area contributed by atoms with Crippen LogP contribution >= 0.6 is 11.6 Å². The van der Waals surface area contributed by atoms with Gasteiger partial charge in [0.05, 0.1) is 5.71 Å². The van der Waals surface area contributed by atoms with Gasteiger partial charge < -0.3 is 9.25 Å². The zero-order valence-corrected chi connectivity index (χ0v) is 14.0. The second-order valence-corrected chi connectivity index (χ2v) is 6.41. The van der Waals surface area contributed by atoms with Crippen LogP contribution < -0.4 is 0 Å². The highest BCUT2D eigenvalue weighted by Crippen LogP contribution is 2.36. The Bertz CT molecular complexity index is 972. The Kier molecular flexibility index (Phi) is 3.77. The molecule has 0 spiro atoms. The van der Waals surface area contributed by atoms with Crippen LogP contribution in [-0.2, 0) is 10.4 Å². The van der Waals surface area contributed by atoms with E-state index in [0.29, 0.717) is 34.5 Å². The van der Waals surface area contributed by atoms with Gasteiger partial charge in [-0.05, 0) is 37.3 Å². The van der Waals surface area contributed by atoms with Crippen molar-refractivity contribution in [1.82, 2.24) is 10.2 Å². The summed E-state index contributed by atoms with van der Waals surface area (Å²) < 4.78 is 19.2. The predicted octanol–water partition coefficient (Wildman–Crippen LogP) is 4.57. The molecule has 4 rings (SSSR count). The number of rotatable bonds is 3. The van der Waals surface area contributed by atoms with Gasteiger partial charge in [-0.1, -0.05) is 35.0 Å². The van der Waals surface area contributed by atoms with Gasteiger partial charge >= 0.3 is 0 Å². The summed E-state index contributed by atoms with van der Waals surface area (Å²) in [6.07, 6.45) is 0.396. The lowest BCUT2D eigenvalue weighted by Gasteiger charge is -2.15. The second-order valence-electron chi connectivity index (χ2n) is 5.97. The maximum absolute atomic E-state index is 13.4. The van der Waals surface area contributed by atoms with Crippen molar-refractivity contribution < 1.29 is 13.6 Å². The molecule has 3 aromatic rings. The molecule has 2 aromatic carbocycles.